The predicted molar refractivity (Wildman–Crippen MR) is 90.2 cm³/mol. The van der Waals surface area contributed by atoms with Crippen LogP contribution in [0.5, 0.6) is 0 Å². The average molecular weight is 320 g/mol. The molecule has 23 heavy (non-hydrogen) atoms. The molecule has 5 nitrogen and oxygen atoms in total. The number of hydrogen-bond donors (Lipinski definition) is 1. The molecule has 1 heterocycles. The minimum absolute atomic E-state index is 0.0283. The highest BCUT2D eigenvalue weighted by molar-refractivity contribution is 5.68. The Morgan fingerprint density at radius 2 is 1.96 bits per heavy atom. The number of ether oxygens (including phenoxy) is 1. The lowest BCUT2D eigenvalue weighted by Crippen LogP contribution is -2.55. The van der Waals surface area contributed by atoms with E-state index in [1.165, 1.54) is 0 Å². The summed E-state index contributed by atoms with van der Waals surface area (Å²) >= 11 is 0. The van der Waals surface area contributed by atoms with Gasteiger partial charge in [-0.25, -0.2) is 4.79 Å². The third kappa shape index (κ3) is 4.69. The lowest BCUT2D eigenvalue weighted by Gasteiger charge is -2.43. The van der Waals surface area contributed by atoms with Crippen LogP contribution in [0.15, 0.2) is 30.3 Å². The number of rotatable bonds is 3. The molecule has 1 saturated heterocycles. The van der Waals surface area contributed by atoms with Gasteiger partial charge in [-0.3, -0.25) is 4.90 Å². The summed E-state index contributed by atoms with van der Waals surface area (Å²) in [6.07, 6.45) is -0.259. The van der Waals surface area contributed by atoms with Gasteiger partial charge in [0.05, 0.1) is 12.6 Å². The van der Waals surface area contributed by atoms with Gasteiger partial charge in [-0.1, -0.05) is 30.3 Å². The molecule has 0 radical (unpaired) electrons. The first-order valence-electron chi connectivity index (χ1n) is 8.21. The third-order valence-corrected chi connectivity index (χ3v) is 4.08. The molecule has 0 aromatic heterocycles. The Hall–Kier alpha value is -1.59. The van der Waals surface area contributed by atoms with Gasteiger partial charge in [0.15, 0.2) is 0 Å². The molecular weight excluding hydrogens is 292 g/mol. The molecule has 0 bridgehead atoms. The van der Waals surface area contributed by atoms with Gasteiger partial charge >= 0.3 is 6.09 Å². The molecule has 1 fully saturated rings. The molecule has 1 aliphatic heterocycles. The van der Waals surface area contributed by atoms with Gasteiger partial charge in [0.25, 0.3) is 0 Å². The second-order valence-electron chi connectivity index (χ2n) is 7.13. The van der Waals surface area contributed by atoms with Crippen molar-refractivity contribution in [2.24, 2.45) is 0 Å². The minimum Gasteiger partial charge on any atom is -0.444 e. The summed E-state index contributed by atoms with van der Waals surface area (Å²) in [6.45, 7) is 9.79. The van der Waals surface area contributed by atoms with Crippen LogP contribution in [0.2, 0.25) is 0 Å². The van der Waals surface area contributed by atoms with Crippen LogP contribution in [0.1, 0.15) is 39.3 Å². The number of carbonyl (C=O) groups excluding carboxylic acids is 1. The normalized spacial score (nSPS) is 21.1. The smallest absolute Gasteiger partial charge is 0.410 e. The van der Waals surface area contributed by atoms with Crippen molar-refractivity contribution in [3.8, 4) is 0 Å². The summed E-state index contributed by atoms with van der Waals surface area (Å²) in [5, 5.41) is 9.80. The van der Waals surface area contributed by atoms with Crippen LogP contribution in [0.3, 0.4) is 0 Å². The lowest BCUT2D eigenvalue weighted by molar-refractivity contribution is -0.00907. The fourth-order valence-corrected chi connectivity index (χ4v) is 2.97. The quantitative estimate of drug-likeness (QED) is 0.930. The first-order chi connectivity index (χ1) is 10.8. The van der Waals surface area contributed by atoms with E-state index >= 15 is 0 Å². The Labute approximate surface area is 138 Å². The van der Waals surface area contributed by atoms with Crippen molar-refractivity contribution < 1.29 is 14.6 Å². The number of aliphatic hydroxyl groups is 1. The number of carbonyl (C=O) groups is 1. The highest BCUT2D eigenvalue weighted by Gasteiger charge is 2.33. The Morgan fingerprint density at radius 3 is 2.48 bits per heavy atom. The molecule has 1 amide bonds. The van der Waals surface area contributed by atoms with Crippen LogP contribution >= 0.6 is 0 Å². The first-order valence-corrected chi connectivity index (χ1v) is 8.21. The zero-order valence-electron chi connectivity index (χ0n) is 14.5. The van der Waals surface area contributed by atoms with Crippen molar-refractivity contribution in [3.63, 3.8) is 0 Å². The van der Waals surface area contributed by atoms with E-state index in [9.17, 15) is 9.90 Å². The van der Waals surface area contributed by atoms with E-state index in [1.807, 2.05) is 58.0 Å². The van der Waals surface area contributed by atoms with E-state index in [0.29, 0.717) is 6.54 Å². The van der Waals surface area contributed by atoms with Crippen molar-refractivity contribution in [2.75, 3.05) is 26.2 Å². The van der Waals surface area contributed by atoms with Gasteiger partial charge in [-0.05, 0) is 33.3 Å². The Balaban J connectivity index is 2.01. The summed E-state index contributed by atoms with van der Waals surface area (Å²) in [4.78, 5) is 16.3. The Morgan fingerprint density at radius 1 is 1.30 bits per heavy atom. The molecule has 1 aromatic carbocycles. The predicted octanol–water partition coefficient (Wildman–Crippen LogP) is 2.66. The largest absolute Gasteiger partial charge is 0.444 e. The van der Waals surface area contributed by atoms with Crippen LogP contribution < -0.4 is 0 Å². The summed E-state index contributed by atoms with van der Waals surface area (Å²) < 4.78 is 5.47. The lowest BCUT2D eigenvalue weighted by atomic mass is 10.0. The van der Waals surface area contributed by atoms with Gasteiger partial charge in [0.2, 0.25) is 0 Å². The molecule has 1 aromatic rings. The molecule has 2 rings (SSSR count). The second kappa shape index (κ2) is 7.32. The maximum atomic E-state index is 12.3. The monoisotopic (exact) mass is 320 g/mol. The van der Waals surface area contributed by atoms with E-state index in [1.54, 1.807) is 4.90 Å². The zero-order chi connectivity index (χ0) is 17.0. The Kier molecular flexibility index (Phi) is 5.65. The molecule has 0 saturated carbocycles. The summed E-state index contributed by atoms with van der Waals surface area (Å²) in [6, 6.07) is 10.0. The molecule has 2 unspecified atom stereocenters. The number of piperazine rings is 1. The number of aliphatic hydroxyl groups excluding tert-OH is 1. The molecule has 5 heteroatoms. The van der Waals surface area contributed by atoms with Crippen molar-refractivity contribution in [2.45, 2.75) is 45.4 Å². The third-order valence-electron chi connectivity index (χ3n) is 4.08. The molecular formula is C18H28N2O3. The standard InChI is InChI=1S/C18H28N2O3/c1-14-12-19(16(13-21)15-8-6-5-7-9-15)10-11-20(14)17(22)23-18(2,3)4/h5-9,14,16,21H,10-13H2,1-4H3. The van der Waals surface area contributed by atoms with E-state index in [4.69, 9.17) is 4.74 Å². The van der Waals surface area contributed by atoms with Gasteiger partial charge in [-0.2, -0.15) is 0 Å². The van der Waals surface area contributed by atoms with Crippen molar-refractivity contribution in [1.82, 2.24) is 9.80 Å². The van der Waals surface area contributed by atoms with E-state index in [-0.39, 0.29) is 24.8 Å². The van der Waals surface area contributed by atoms with Crippen molar-refractivity contribution in [3.05, 3.63) is 35.9 Å². The SMILES string of the molecule is CC1CN(C(CO)c2ccccc2)CCN1C(=O)OC(C)(C)C. The Bertz CT molecular complexity index is 513. The fraction of sp³-hybridized carbons (Fsp3) is 0.611. The van der Waals surface area contributed by atoms with E-state index in [0.717, 1.165) is 18.7 Å². The zero-order valence-corrected chi connectivity index (χ0v) is 14.5. The van der Waals surface area contributed by atoms with Crippen LogP contribution in [0.25, 0.3) is 0 Å². The molecule has 1 aliphatic rings. The number of hydrogen-bond acceptors (Lipinski definition) is 4. The molecule has 0 aliphatic carbocycles. The van der Waals surface area contributed by atoms with Gasteiger partial charge < -0.3 is 14.7 Å². The molecule has 0 spiro atoms. The van der Waals surface area contributed by atoms with E-state index in [2.05, 4.69) is 4.90 Å². The van der Waals surface area contributed by atoms with Crippen molar-refractivity contribution >= 4 is 6.09 Å². The number of benzene rings is 1. The van der Waals surface area contributed by atoms with Crippen LogP contribution in [0.4, 0.5) is 4.79 Å². The summed E-state index contributed by atoms with van der Waals surface area (Å²) in [5.41, 5.74) is 0.624. The van der Waals surface area contributed by atoms with E-state index < -0.39 is 5.60 Å². The highest BCUT2D eigenvalue weighted by atomic mass is 16.6. The van der Waals surface area contributed by atoms with Crippen molar-refractivity contribution in [1.29, 1.82) is 0 Å². The first kappa shape index (κ1) is 17.8. The number of nitrogens with zero attached hydrogens (tertiary/aromatic N) is 2. The molecule has 128 valence electrons. The maximum absolute atomic E-state index is 12.3. The van der Waals surface area contributed by atoms with Gasteiger partial charge in [0, 0.05) is 25.7 Å². The van der Waals surface area contributed by atoms with Gasteiger partial charge in [0.1, 0.15) is 5.60 Å². The fourth-order valence-electron chi connectivity index (χ4n) is 2.97. The summed E-state index contributed by atoms with van der Waals surface area (Å²) in [5.74, 6) is 0. The highest BCUT2D eigenvalue weighted by Crippen LogP contribution is 2.24. The maximum Gasteiger partial charge on any atom is 0.410 e. The van der Waals surface area contributed by atoms with Gasteiger partial charge in [-0.15, -0.1) is 0 Å². The molecule has 1 N–H and O–H groups in total. The summed E-state index contributed by atoms with van der Waals surface area (Å²) in [7, 11) is 0. The molecule has 2 atom stereocenters. The van der Waals surface area contributed by atoms with Crippen LogP contribution in [-0.4, -0.2) is 58.9 Å². The second-order valence-corrected chi connectivity index (χ2v) is 7.13. The topological polar surface area (TPSA) is 53.0 Å². The number of amides is 1. The average Bonchev–Trinajstić information content (AvgIpc) is 2.47. The van der Waals surface area contributed by atoms with Crippen LogP contribution in [0, 0.1) is 0 Å². The van der Waals surface area contributed by atoms with Crippen LogP contribution in [-0.2, 0) is 4.74 Å². The minimum atomic E-state index is -0.481.